The van der Waals surface area contributed by atoms with Crippen LogP contribution in [0.4, 0.5) is 0 Å². The van der Waals surface area contributed by atoms with E-state index in [1.165, 1.54) is 6.42 Å². The van der Waals surface area contributed by atoms with E-state index in [9.17, 15) is 0 Å². The smallest absolute Gasteiger partial charge is 0.164 e. The van der Waals surface area contributed by atoms with Crippen molar-refractivity contribution in [2.24, 2.45) is 5.10 Å². The zero-order valence-electron chi connectivity index (χ0n) is 14.1. The average molecular weight is 298 g/mol. The van der Waals surface area contributed by atoms with Gasteiger partial charge in [-0.25, -0.2) is 0 Å². The Kier molecular flexibility index (Phi) is 5.63. The summed E-state index contributed by atoms with van der Waals surface area (Å²) in [4.78, 5) is 0. The Balaban J connectivity index is 2.19. The van der Waals surface area contributed by atoms with Gasteiger partial charge < -0.3 is 14.2 Å². The predicted molar refractivity (Wildman–Crippen MR) is 83.4 cm³/mol. The first-order valence-corrected chi connectivity index (χ1v) is 8.20. The van der Waals surface area contributed by atoms with Crippen LogP contribution in [0.3, 0.4) is 0 Å². The molecule has 0 radical (unpaired) electrons. The summed E-state index contributed by atoms with van der Waals surface area (Å²) in [5.74, 6) is -0.530. The Bertz CT molecular complexity index is 353. The Morgan fingerprint density at radius 2 is 1.86 bits per heavy atom. The van der Waals surface area contributed by atoms with Gasteiger partial charge in [-0.05, 0) is 39.5 Å². The quantitative estimate of drug-likeness (QED) is 0.783. The fraction of sp³-hybridized carbons (Fsp3) is 0.938. The van der Waals surface area contributed by atoms with E-state index in [0.29, 0.717) is 6.04 Å². The van der Waals surface area contributed by atoms with E-state index in [2.05, 4.69) is 18.9 Å². The van der Waals surface area contributed by atoms with Gasteiger partial charge in [0.15, 0.2) is 5.79 Å². The molecule has 2 saturated heterocycles. The first-order chi connectivity index (χ1) is 10.0. The molecule has 5 nitrogen and oxygen atoms in total. The van der Waals surface area contributed by atoms with E-state index in [-0.39, 0.29) is 12.2 Å². The number of ether oxygens (including phenoxy) is 3. The van der Waals surface area contributed by atoms with Gasteiger partial charge in [0.25, 0.3) is 0 Å². The van der Waals surface area contributed by atoms with Gasteiger partial charge in [-0.2, -0.15) is 5.10 Å². The van der Waals surface area contributed by atoms with Gasteiger partial charge in [-0.1, -0.05) is 13.8 Å². The highest BCUT2D eigenvalue weighted by molar-refractivity contribution is 5.93. The maximum atomic E-state index is 6.06. The lowest BCUT2D eigenvalue weighted by atomic mass is 10.0. The van der Waals surface area contributed by atoms with Crippen LogP contribution in [0.5, 0.6) is 0 Å². The monoisotopic (exact) mass is 298 g/mol. The minimum Gasteiger partial charge on any atom is -0.382 e. The molecule has 0 bridgehead atoms. The zero-order valence-corrected chi connectivity index (χ0v) is 14.1. The van der Waals surface area contributed by atoms with Gasteiger partial charge in [0.1, 0.15) is 12.2 Å². The molecule has 0 aliphatic carbocycles. The van der Waals surface area contributed by atoms with Gasteiger partial charge in [0.2, 0.25) is 0 Å². The summed E-state index contributed by atoms with van der Waals surface area (Å²) >= 11 is 0. The van der Waals surface area contributed by atoms with Crippen molar-refractivity contribution >= 4 is 5.71 Å². The number of hydrazone groups is 1. The van der Waals surface area contributed by atoms with Crippen LogP contribution in [-0.4, -0.2) is 55.0 Å². The number of nitrogens with zero attached hydrogens (tertiary/aromatic N) is 2. The highest BCUT2D eigenvalue weighted by Gasteiger charge is 2.40. The van der Waals surface area contributed by atoms with E-state index in [1.54, 1.807) is 7.11 Å². The minimum absolute atomic E-state index is 0.0440. The second kappa shape index (κ2) is 7.07. The van der Waals surface area contributed by atoms with Crippen LogP contribution < -0.4 is 0 Å². The second-order valence-electron chi connectivity index (χ2n) is 6.37. The van der Waals surface area contributed by atoms with Crippen molar-refractivity contribution in [3.63, 3.8) is 0 Å². The molecule has 2 aliphatic heterocycles. The molecular weight excluding hydrogens is 268 g/mol. The SMILES string of the molecule is CC[C@@H]1OC(C)(C)O[C@@H](CC)C1=NN1CCC[C@H]1COC. The van der Waals surface area contributed by atoms with Crippen LogP contribution in [-0.2, 0) is 14.2 Å². The highest BCUT2D eigenvalue weighted by atomic mass is 16.7. The third-order valence-electron chi connectivity index (χ3n) is 4.20. The van der Waals surface area contributed by atoms with Crippen LogP contribution in [0, 0.1) is 0 Å². The second-order valence-corrected chi connectivity index (χ2v) is 6.37. The Labute approximate surface area is 128 Å². The molecule has 5 heteroatoms. The average Bonchev–Trinajstić information content (AvgIpc) is 2.87. The normalized spacial score (nSPS) is 32.5. The lowest BCUT2D eigenvalue weighted by molar-refractivity contribution is -0.257. The molecule has 3 atom stereocenters. The number of hydrogen-bond acceptors (Lipinski definition) is 5. The summed E-state index contributed by atoms with van der Waals surface area (Å²) in [5, 5.41) is 7.10. The number of hydrogen-bond donors (Lipinski definition) is 0. The highest BCUT2D eigenvalue weighted by Crippen LogP contribution is 2.29. The Hall–Kier alpha value is -0.650. The predicted octanol–water partition coefficient (Wildman–Crippen LogP) is 2.79. The van der Waals surface area contributed by atoms with Crippen LogP contribution in [0.1, 0.15) is 53.4 Å². The molecule has 2 rings (SSSR count). The molecule has 0 amide bonds. The van der Waals surface area contributed by atoms with Gasteiger partial charge in [-0.3, -0.25) is 5.01 Å². The third-order valence-corrected chi connectivity index (χ3v) is 4.20. The molecule has 0 unspecified atom stereocenters. The molecule has 2 aliphatic rings. The number of rotatable bonds is 5. The molecule has 2 fully saturated rings. The van der Waals surface area contributed by atoms with Crippen molar-refractivity contribution in [1.82, 2.24) is 5.01 Å². The van der Waals surface area contributed by atoms with Crippen LogP contribution in [0.25, 0.3) is 0 Å². The summed E-state index contributed by atoms with van der Waals surface area (Å²) in [6, 6.07) is 0.382. The fourth-order valence-electron chi connectivity index (χ4n) is 3.22. The molecule has 21 heavy (non-hydrogen) atoms. The molecular formula is C16H30N2O3. The largest absolute Gasteiger partial charge is 0.382 e. The fourth-order valence-corrected chi connectivity index (χ4v) is 3.22. The molecule has 122 valence electrons. The Morgan fingerprint density at radius 3 is 2.38 bits per heavy atom. The molecule has 0 aromatic heterocycles. The molecule has 2 heterocycles. The molecule has 0 spiro atoms. The van der Waals surface area contributed by atoms with Crippen LogP contribution in [0.15, 0.2) is 5.10 Å². The third kappa shape index (κ3) is 3.96. The summed E-state index contributed by atoms with van der Waals surface area (Å²) in [6.07, 6.45) is 4.25. The van der Waals surface area contributed by atoms with Crippen molar-refractivity contribution in [1.29, 1.82) is 0 Å². The summed E-state index contributed by atoms with van der Waals surface area (Å²) in [5.41, 5.74) is 1.04. The lowest BCUT2D eigenvalue weighted by Gasteiger charge is -2.42. The lowest BCUT2D eigenvalue weighted by Crippen LogP contribution is -2.52. The molecule has 0 aromatic rings. The molecule has 0 saturated carbocycles. The Morgan fingerprint density at radius 1 is 1.24 bits per heavy atom. The van der Waals surface area contributed by atoms with Crippen molar-refractivity contribution in [2.75, 3.05) is 20.3 Å². The molecule has 0 N–H and O–H groups in total. The van der Waals surface area contributed by atoms with Gasteiger partial charge in [0.05, 0.1) is 18.4 Å². The first kappa shape index (κ1) is 16.7. The van der Waals surface area contributed by atoms with E-state index in [1.807, 2.05) is 13.8 Å². The van der Waals surface area contributed by atoms with E-state index < -0.39 is 5.79 Å². The standard InChI is InChI=1S/C16H30N2O3/c1-6-13-15(14(7-2)21-16(3,4)20-13)17-18-10-8-9-12(18)11-19-5/h12-14H,6-11H2,1-5H3/t12-,13-,14-/m0/s1. The van der Waals surface area contributed by atoms with Crippen molar-refractivity contribution in [3.8, 4) is 0 Å². The summed E-state index contributed by atoms with van der Waals surface area (Å²) in [6.45, 7) is 9.98. The summed E-state index contributed by atoms with van der Waals surface area (Å²) in [7, 11) is 1.75. The maximum Gasteiger partial charge on any atom is 0.164 e. The minimum atomic E-state index is -0.530. The van der Waals surface area contributed by atoms with Gasteiger partial charge in [-0.15, -0.1) is 0 Å². The van der Waals surface area contributed by atoms with Crippen molar-refractivity contribution < 1.29 is 14.2 Å². The van der Waals surface area contributed by atoms with Gasteiger partial charge in [0, 0.05) is 13.7 Å². The summed E-state index contributed by atoms with van der Waals surface area (Å²) < 4.78 is 17.4. The maximum absolute atomic E-state index is 6.06. The zero-order chi connectivity index (χ0) is 15.5. The first-order valence-electron chi connectivity index (χ1n) is 8.20. The molecule has 0 aromatic carbocycles. The van der Waals surface area contributed by atoms with E-state index in [0.717, 1.165) is 38.1 Å². The van der Waals surface area contributed by atoms with Crippen molar-refractivity contribution in [3.05, 3.63) is 0 Å². The topological polar surface area (TPSA) is 43.3 Å². The van der Waals surface area contributed by atoms with Crippen LogP contribution in [0.2, 0.25) is 0 Å². The van der Waals surface area contributed by atoms with Crippen LogP contribution >= 0.6 is 0 Å². The van der Waals surface area contributed by atoms with E-state index >= 15 is 0 Å². The van der Waals surface area contributed by atoms with E-state index in [4.69, 9.17) is 19.3 Å². The number of methoxy groups -OCH3 is 1. The van der Waals surface area contributed by atoms with Gasteiger partial charge >= 0.3 is 0 Å². The van der Waals surface area contributed by atoms with Crippen molar-refractivity contribution in [2.45, 2.75) is 77.4 Å².